The van der Waals surface area contributed by atoms with E-state index >= 15 is 0 Å². The molecule has 0 spiro atoms. The molecule has 138 valence electrons. The third-order valence-corrected chi connectivity index (χ3v) is 5.34. The van der Waals surface area contributed by atoms with E-state index < -0.39 is 5.60 Å². The molecule has 0 heterocycles. The van der Waals surface area contributed by atoms with Crippen molar-refractivity contribution >= 4 is 6.08 Å². The number of hydrogen-bond acceptors (Lipinski definition) is 3. The van der Waals surface area contributed by atoms with Crippen molar-refractivity contribution in [2.24, 2.45) is 5.92 Å². The van der Waals surface area contributed by atoms with Crippen molar-refractivity contribution in [1.29, 1.82) is 0 Å². The monoisotopic (exact) mass is 351 g/mol. The largest absolute Gasteiger partial charge is 0.497 e. The highest BCUT2D eigenvalue weighted by molar-refractivity contribution is 5.57. The van der Waals surface area contributed by atoms with Crippen molar-refractivity contribution in [3.8, 4) is 5.75 Å². The summed E-state index contributed by atoms with van der Waals surface area (Å²) in [5.41, 5.74) is 2.24. The minimum absolute atomic E-state index is 0.162. The van der Waals surface area contributed by atoms with E-state index in [1.165, 1.54) is 0 Å². The highest BCUT2D eigenvalue weighted by atomic mass is 16.5. The maximum absolute atomic E-state index is 12.0. The first-order chi connectivity index (χ1) is 12.5. The maximum atomic E-state index is 12.0. The van der Waals surface area contributed by atoms with E-state index in [0.29, 0.717) is 0 Å². The molecule has 2 atom stereocenters. The number of nitrogens with zero attached hydrogens (tertiary/aromatic N) is 1. The van der Waals surface area contributed by atoms with Crippen LogP contribution in [0.15, 0.2) is 60.2 Å². The molecule has 0 amide bonds. The van der Waals surface area contributed by atoms with Gasteiger partial charge in [-0.15, -0.1) is 0 Å². The van der Waals surface area contributed by atoms with Crippen LogP contribution in [0.1, 0.15) is 30.4 Å². The Hall–Kier alpha value is -2.10. The average molecular weight is 351 g/mol. The van der Waals surface area contributed by atoms with Crippen LogP contribution in [-0.4, -0.2) is 37.8 Å². The average Bonchev–Trinajstić information content (AvgIpc) is 2.65. The number of rotatable bonds is 5. The second-order valence-corrected chi connectivity index (χ2v) is 7.43. The quantitative estimate of drug-likeness (QED) is 0.870. The molecule has 0 saturated heterocycles. The lowest BCUT2D eigenvalue weighted by molar-refractivity contribution is -0.0174. The molecule has 3 rings (SSSR count). The van der Waals surface area contributed by atoms with Crippen LogP contribution in [0.25, 0.3) is 6.08 Å². The van der Waals surface area contributed by atoms with Gasteiger partial charge in [-0.25, -0.2) is 0 Å². The number of hydrogen-bond donors (Lipinski definition) is 1. The fourth-order valence-electron chi connectivity index (χ4n) is 4.06. The van der Waals surface area contributed by atoms with Gasteiger partial charge in [0.05, 0.1) is 7.11 Å². The number of ether oxygens (including phenoxy) is 1. The van der Waals surface area contributed by atoms with E-state index in [0.717, 1.165) is 48.3 Å². The summed E-state index contributed by atoms with van der Waals surface area (Å²) >= 11 is 0. The predicted octanol–water partition coefficient (Wildman–Crippen LogP) is 4.33. The van der Waals surface area contributed by atoms with Crippen LogP contribution in [0.3, 0.4) is 0 Å². The highest BCUT2D eigenvalue weighted by Crippen LogP contribution is 2.46. The molecule has 0 aromatic heterocycles. The van der Waals surface area contributed by atoms with Gasteiger partial charge >= 0.3 is 0 Å². The fourth-order valence-corrected chi connectivity index (χ4v) is 4.06. The molecular weight excluding hydrogens is 322 g/mol. The summed E-state index contributed by atoms with van der Waals surface area (Å²) in [6, 6.07) is 18.2. The van der Waals surface area contributed by atoms with Gasteiger partial charge in [-0.2, -0.15) is 0 Å². The van der Waals surface area contributed by atoms with Gasteiger partial charge in [0, 0.05) is 12.5 Å². The zero-order chi connectivity index (χ0) is 18.6. The molecule has 0 radical (unpaired) electrons. The molecule has 1 aliphatic carbocycles. The molecule has 1 aliphatic rings. The second kappa shape index (κ2) is 8.07. The van der Waals surface area contributed by atoms with Crippen molar-refractivity contribution in [1.82, 2.24) is 4.90 Å². The van der Waals surface area contributed by atoms with Gasteiger partial charge in [-0.1, -0.05) is 48.5 Å². The second-order valence-electron chi connectivity index (χ2n) is 7.43. The molecule has 0 bridgehead atoms. The van der Waals surface area contributed by atoms with Crippen LogP contribution in [0, 0.1) is 5.92 Å². The van der Waals surface area contributed by atoms with Gasteiger partial charge in [0.1, 0.15) is 11.4 Å². The summed E-state index contributed by atoms with van der Waals surface area (Å²) in [4.78, 5) is 2.17. The van der Waals surface area contributed by atoms with Crippen LogP contribution in [0.4, 0.5) is 0 Å². The Kier molecular flexibility index (Phi) is 5.80. The standard InChI is InChI=1S/C23H29NO2/c1-24(2)17-21-11-7-10-20(16-18-8-5-4-6-9-18)23(21,25)19-12-14-22(26-3)15-13-19/h4-6,8-9,12-16,21,25H,7,10-11,17H2,1-3H3. The fraction of sp³-hybridized carbons (Fsp3) is 0.391. The molecule has 0 aliphatic heterocycles. The summed E-state index contributed by atoms with van der Waals surface area (Å²) in [5.74, 6) is 0.973. The molecule has 2 unspecified atom stereocenters. The Bertz CT molecular complexity index is 737. The topological polar surface area (TPSA) is 32.7 Å². The van der Waals surface area contributed by atoms with E-state index in [1.54, 1.807) is 7.11 Å². The summed E-state index contributed by atoms with van der Waals surface area (Å²) in [5, 5.41) is 12.0. The van der Waals surface area contributed by atoms with Crippen molar-refractivity contribution in [3.63, 3.8) is 0 Å². The molecule has 26 heavy (non-hydrogen) atoms. The molecule has 2 aromatic carbocycles. The van der Waals surface area contributed by atoms with Crippen LogP contribution in [-0.2, 0) is 5.60 Å². The van der Waals surface area contributed by atoms with Crippen LogP contribution < -0.4 is 4.74 Å². The normalized spacial score (nSPS) is 24.8. The van der Waals surface area contributed by atoms with Gasteiger partial charge in [0.15, 0.2) is 0 Å². The Labute approximate surface area is 156 Å². The summed E-state index contributed by atoms with van der Waals surface area (Å²) < 4.78 is 5.30. The molecule has 1 N–H and O–H groups in total. The minimum Gasteiger partial charge on any atom is -0.497 e. The molecular formula is C23H29NO2. The summed E-state index contributed by atoms with van der Waals surface area (Å²) in [6.45, 7) is 0.856. The molecule has 3 nitrogen and oxygen atoms in total. The van der Waals surface area contributed by atoms with Crippen LogP contribution in [0.5, 0.6) is 5.75 Å². The highest BCUT2D eigenvalue weighted by Gasteiger charge is 2.44. The first kappa shape index (κ1) is 18.7. The number of benzene rings is 2. The third kappa shape index (κ3) is 3.84. The summed E-state index contributed by atoms with van der Waals surface area (Å²) in [6.07, 6.45) is 5.22. The maximum Gasteiger partial charge on any atom is 0.118 e. The van der Waals surface area contributed by atoms with E-state index in [4.69, 9.17) is 4.74 Å². The van der Waals surface area contributed by atoms with Gasteiger partial charge in [0.25, 0.3) is 0 Å². The lowest BCUT2D eigenvalue weighted by atomic mass is 9.67. The van der Waals surface area contributed by atoms with Crippen LogP contribution in [0.2, 0.25) is 0 Å². The van der Waals surface area contributed by atoms with Crippen LogP contribution >= 0.6 is 0 Å². The minimum atomic E-state index is -0.954. The third-order valence-electron chi connectivity index (χ3n) is 5.34. The lowest BCUT2D eigenvalue weighted by Crippen LogP contribution is -2.44. The zero-order valence-corrected chi connectivity index (χ0v) is 16.0. The van der Waals surface area contributed by atoms with Crippen molar-refractivity contribution in [2.45, 2.75) is 24.9 Å². The lowest BCUT2D eigenvalue weighted by Gasteiger charge is -2.44. The Balaban J connectivity index is 2.07. The van der Waals surface area contributed by atoms with E-state index in [1.807, 2.05) is 42.5 Å². The first-order valence-electron chi connectivity index (χ1n) is 9.31. The smallest absolute Gasteiger partial charge is 0.118 e. The first-order valence-corrected chi connectivity index (χ1v) is 9.31. The molecule has 1 saturated carbocycles. The van der Waals surface area contributed by atoms with Crippen molar-refractivity contribution in [3.05, 3.63) is 71.3 Å². The van der Waals surface area contributed by atoms with E-state index in [9.17, 15) is 5.11 Å². The molecule has 2 aromatic rings. The molecule has 3 heteroatoms. The Morgan fingerprint density at radius 3 is 2.42 bits per heavy atom. The van der Waals surface area contributed by atoms with Gasteiger partial charge in [0.2, 0.25) is 0 Å². The number of methoxy groups -OCH3 is 1. The van der Waals surface area contributed by atoms with Crippen molar-refractivity contribution in [2.75, 3.05) is 27.7 Å². The molecule has 1 fully saturated rings. The van der Waals surface area contributed by atoms with Crippen molar-refractivity contribution < 1.29 is 9.84 Å². The SMILES string of the molecule is COc1ccc(C2(O)C(=Cc3ccccc3)CCCC2CN(C)C)cc1. The summed E-state index contributed by atoms with van der Waals surface area (Å²) in [7, 11) is 5.81. The van der Waals surface area contributed by atoms with Gasteiger partial charge in [-0.3, -0.25) is 0 Å². The van der Waals surface area contributed by atoms with E-state index in [2.05, 4.69) is 37.2 Å². The number of aliphatic hydroxyl groups is 1. The Morgan fingerprint density at radius 2 is 1.81 bits per heavy atom. The van der Waals surface area contributed by atoms with E-state index in [-0.39, 0.29) is 5.92 Å². The Morgan fingerprint density at radius 1 is 1.12 bits per heavy atom. The zero-order valence-electron chi connectivity index (χ0n) is 16.0. The predicted molar refractivity (Wildman–Crippen MR) is 107 cm³/mol. The van der Waals surface area contributed by atoms with Gasteiger partial charge in [-0.05, 0) is 62.2 Å². The van der Waals surface area contributed by atoms with Gasteiger partial charge < -0.3 is 14.7 Å².